The highest BCUT2D eigenvalue weighted by atomic mass is 16.5. The van der Waals surface area contributed by atoms with E-state index in [2.05, 4.69) is 31.7 Å². The lowest BCUT2D eigenvalue weighted by atomic mass is 10.2. The summed E-state index contributed by atoms with van der Waals surface area (Å²) in [7, 11) is 0. The summed E-state index contributed by atoms with van der Waals surface area (Å²) in [5, 5.41) is 0. The molecule has 25 heavy (non-hydrogen) atoms. The fraction of sp³-hybridized carbons (Fsp3) is 0.211. The smallest absolute Gasteiger partial charge is 0.180 e. The third kappa shape index (κ3) is 2.81. The quantitative estimate of drug-likeness (QED) is 0.607. The zero-order valence-corrected chi connectivity index (χ0v) is 14.0. The van der Waals surface area contributed by atoms with Crippen LogP contribution in [0.3, 0.4) is 0 Å². The first-order valence-electron chi connectivity index (χ1n) is 8.29. The highest BCUT2D eigenvalue weighted by Crippen LogP contribution is 2.28. The van der Waals surface area contributed by atoms with Gasteiger partial charge in [0, 0.05) is 19.3 Å². The fourth-order valence-corrected chi connectivity index (χ4v) is 2.99. The first-order valence-corrected chi connectivity index (χ1v) is 8.29. The Balaban J connectivity index is 1.94. The molecule has 1 aromatic carbocycles. The molecule has 4 aromatic rings. The van der Waals surface area contributed by atoms with Gasteiger partial charge in [-0.15, -0.1) is 0 Å². The maximum atomic E-state index is 6.45. The second-order valence-corrected chi connectivity index (χ2v) is 5.81. The van der Waals surface area contributed by atoms with Crippen molar-refractivity contribution >= 4 is 27.9 Å². The average molecular weight is 333 g/mol. The maximum absolute atomic E-state index is 6.45. The summed E-state index contributed by atoms with van der Waals surface area (Å²) in [6, 6.07) is 14.0. The SMILES string of the molecule is CCOCc1nc2nc3cccnc3c(N)c2n1Cc1ccccc1. The minimum Gasteiger partial charge on any atom is -0.395 e. The fourth-order valence-electron chi connectivity index (χ4n) is 2.99. The van der Waals surface area contributed by atoms with Crippen molar-refractivity contribution in [3.8, 4) is 0 Å². The number of fused-ring (bicyclic) bond motifs is 2. The molecule has 4 rings (SSSR count). The summed E-state index contributed by atoms with van der Waals surface area (Å²) in [5.74, 6) is 0.815. The van der Waals surface area contributed by atoms with Gasteiger partial charge in [-0.3, -0.25) is 4.98 Å². The molecule has 126 valence electrons. The lowest BCUT2D eigenvalue weighted by molar-refractivity contribution is 0.126. The molecule has 0 spiro atoms. The van der Waals surface area contributed by atoms with Gasteiger partial charge in [0.1, 0.15) is 23.5 Å². The number of rotatable bonds is 5. The number of ether oxygens (including phenoxy) is 1. The van der Waals surface area contributed by atoms with Crippen LogP contribution in [0.4, 0.5) is 5.69 Å². The number of nitrogen functional groups attached to an aromatic ring is 1. The maximum Gasteiger partial charge on any atom is 0.180 e. The molecule has 0 aliphatic heterocycles. The van der Waals surface area contributed by atoms with Gasteiger partial charge >= 0.3 is 0 Å². The van der Waals surface area contributed by atoms with E-state index < -0.39 is 0 Å². The second-order valence-electron chi connectivity index (χ2n) is 5.81. The van der Waals surface area contributed by atoms with E-state index in [1.165, 1.54) is 5.56 Å². The monoisotopic (exact) mass is 333 g/mol. The van der Waals surface area contributed by atoms with E-state index >= 15 is 0 Å². The van der Waals surface area contributed by atoms with Crippen LogP contribution < -0.4 is 5.73 Å². The Labute approximate surface area is 145 Å². The van der Waals surface area contributed by atoms with E-state index in [9.17, 15) is 0 Å². The van der Waals surface area contributed by atoms with Gasteiger partial charge in [0.25, 0.3) is 0 Å². The van der Waals surface area contributed by atoms with Crippen LogP contribution in [0.2, 0.25) is 0 Å². The number of nitrogens with zero attached hydrogens (tertiary/aromatic N) is 4. The molecule has 3 heterocycles. The van der Waals surface area contributed by atoms with E-state index in [0.717, 1.165) is 16.9 Å². The lowest BCUT2D eigenvalue weighted by Crippen LogP contribution is -2.08. The lowest BCUT2D eigenvalue weighted by Gasteiger charge is -2.11. The number of nitrogens with two attached hydrogens (primary N) is 1. The third-order valence-corrected chi connectivity index (χ3v) is 4.17. The molecule has 0 bridgehead atoms. The number of imidazole rings is 1. The van der Waals surface area contributed by atoms with Crippen LogP contribution in [0.25, 0.3) is 22.2 Å². The van der Waals surface area contributed by atoms with E-state index in [4.69, 9.17) is 10.5 Å². The van der Waals surface area contributed by atoms with Crippen molar-refractivity contribution in [3.05, 3.63) is 60.0 Å². The first-order chi connectivity index (χ1) is 12.3. The molecule has 6 heteroatoms. The van der Waals surface area contributed by atoms with Gasteiger partial charge in [-0.05, 0) is 24.6 Å². The molecule has 0 radical (unpaired) electrons. The third-order valence-electron chi connectivity index (χ3n) is 4.17. The number of pyridine rings is 2. The zero-order valence-electron chi connectivity index (χ0n) is 14.0. The van der Waals surface area contributed by atoms with Crippen molar-refractivity contribution in [3.63, 3.8) is 0 Å². The van der Waals surface area contributed by atoms with E-state index in [0.29, 0.717) is 36.6 Å². The average Bonchev–Trinajstić information content (AvgIpc) is 2.98. The zero-order chi connectivity index (χ0) is 17.2. The number of benzene rings is 1. The predicted octanol–water partition coefficient (Wildman–Crippen LogP) is 3.15. The number of aromatic nitrogens is 4. The predicted molar refractivity (Wildman–Crippen MR) is 98.1 cm³/mol. The standard InChI is InChI=1S/C19H19N5O/c1-2-25-12-15-23-19-18(24(15)11-13-7-4-3-5-8-13)16(20)17-14(22-19)9-6-10-21-17/h3-10H,2,11-12H2,1H3,(H2,20,22). The summed E-state index contributed by atoms with van der Waals surface area (Å²) >= 11 is 0. The minimum absolute atomic E-state index is 0.420. The molecule has 0 aliphatic carbocycles. The van der Waals surface area contributed by atoms with Gasteiger partial charge in [0.05, 0.1) is 11.2 Å². The summed E-state index contributed by atoms with van der Waals surface area (Å²) in [6.07, 6.45) is 1.73. The summed E-state index contributed by atoms with van der Waals surface area (Å²) < 4.78 is 7.68. The van der Waals surface area contributed by atoms with Crippen LogP contribution >= 0.6 is 0 Å². The van der Waals surface area contributed by atoms with Crippen LogP contribution in [-0.4, -0.2) is 26.1 Å². The van der Waals surface area contributed by atoms with Gasteiger partial charge in [0.15, 0.2) is 5.65 Å². The van der Waals surface area contributed by atoms with E-state index in [1.807, 2.05) is 37.3 Å². The van der Waals surface area contributed by atoms with Crippen LogP contribution in [0.15, 0.2) is 48.7 Å². The van der Waals surface area contributed by atoms with E-state index in [-0.39, 0.29) is 0 Å². The molecule has 2 N–H and O–H groups in total. The van der Waals surface area contributed by atoms with Crippen molar-refractivity contribution in [1.29, 1.82) is 0 Å². The summed E-state index contributed by atoms with van der Waals surface area (Å²) in [5.41, 5.74) is 11.1. The van der Waals surface area contributed by atoms with Gasteiger partial charge in [-0.25, -0.2) is 9.97 Å². The Kier molecular flexibility index (Phi) is 4.03. The molecular formula is C19H19N5O. The molecule has 0 saturated heterocycles. The largest absolute Gasteiger partial charge is 0.395 e. The first kappa shape index (κ1) is 15.5. The van der Waals surface area contributed by atoms with Crippen LogP contribution in [0.1, 0.15) is 18.3 Å². The molecule has 0 amide bonds. The number of hydrogen-bond donors (Lipinski definition) is 1. The number of hydrogen-bond acceptors (Lipinski definition) is 5. The Morgan fingerprint density at radius 1 is 1.08 bits per heavy atom. The molecule has 0 unspecified atom stereocenters. The Bertz CT molecular complexity index is 1030. The highest BCUT2D eigenvalue weighted by Gasteiger charge is 2.17. The molecule has 3 aromatic heterocycles. The highest BCUT2D eigenvalue weighted by molar-refractivity contribution is 6.01. The second kappa shape index (κ2) is 6.49. The molecular weight excluding hydrogens is 314 g/mol. The molecule has 0 saturated carbocycles. The molecule has 0 atom stereocenters. The molecule has 0 aliphatic rings. The van der Waals surface area contributed by atoms with Gasteiger partial charge in [-0.1, -0.05) is 30.3 Å². The van der Waals surface area contributed by atoms with Crippen LogP contribution in [0, 0.1) is 0 Å². The van der Waals surface area contributed by atoms with Gasteiger partial charge in [0.2, 0.25) is 0 Å². The van der Waals surface area contributed by atoms with Crippen molar-refractivity contribution in [2.45, 2.75) is 20.1 Å². The van der Waals surface area contributed by atoms with Crippen molar-refractivity contribution in [2.24, 2.45) is 0 Å². The Morgan fingerprint density at radius 2 is 1.92 bits per heavy atom. The molecule has 6 nitrogen and oxygen atoms in total. The Hall–Kier alpha value is -2.99. The van der Waals surface area contributed by atoms with Crippen molar-refractivity contribution in [2.75, 3.05) is 12.3 Å². The summed E-state index contributed by atoms with van der Waals surface area (Å²) in [4.78, 5) is 13.7. The summed E-state index contributed by atoms with van der Waals surface area (Å²) in [6.45, 7) is 3.67. The normalized spacial score (nSPS) is 11.4. The van der Waals surface area contributed by atoms with Crippen LogP contribution in [-0.2, 0) is 17.9 Å². The van der Waals surface area contributed by atoms with E-state index in [1.54, 1.807) is 6.20 Å². The topological polar surface area (TPSA) is 78.8 Å². The van der Waals surface area contributed by atoms with Crippen molar-refractivity contribution < 1.29 is 4.74 Å². The Morgan fingerprint density at radius 3 is 2.72 bits per heavy atom. The van der Waals surface area contributed by atoms with Crippen LogP contribution in [0.5, 0.6) is 0 Å². The van der Waals surface area contributed by atoms with Gasteiger partial charge in [-0.2, -0.15) is 0 Å². The number of anilines is 1. The molecule has 0 fully saturated rings. The minimum atomic E-state index is 0.420. The van der Waals surface area contributed by atoms with Gasteiger partial charge < -0.3 is 15.0 Å². The van der Waals surface area contributed by atoms with Crippen molar-refractivity contribution in [1.82, 2.24) is 19.5 Å².